The predicted octanol–water partition coefficient (Wildman–Crippen LogP) is 5.53. The summed E-state index contributed by atoms with van der Waals surface area (Å²) in [5.74, 6) is 0.708. The van der Waals surface area contributed by atoms with Gasteiger partial charge in [0.15, 0.2) is 0 Å². The molecule has 1 fully saturated rings. The molecule has 1 N–H and O–H groups in total. The molecule has 0 spiro atoms. The van der Waals surface area contributed by atoms with Crippen molar-refractivity contribution in [2.24, 2.45) is 0 Å². The number of halogens is 1. The SMILES string of the molecule is CCCCC(CCC)NC1CC(c2cccc(Cl)c2)C1. The van der Waals surface area contributed by atoms with E-state index in [0.717, 1.165) is 11.1 Å². The molecule has 0 saturated heterocycles. The summed E-state index contributed by atoms with van der Waals surface area (Å²) in [6, 6.07) is 9.81. The highest BCUT2D eigenvalue weighted by Gasteiger charge is 2.31. The van der Waals surface area contributed by atoms with Gasteiger partial charge in [0.05, 0.1) is 0 Å². The van der Waals surface area contributed by atoms with E-state index in [1.54, 1.807) is 0 Å². The van der Waals surface area contributed by atoms with Gasteiger partial charge in [0.2, 0.25) is 0 Å². The van der Waals surface area contributed by atoms with Crippen LogP contribution in [-0.2, 0) is 0 Å². The fourth-order valence-corrected chi connectivity index (χ4v) is 3.43. The Kier molecular flexibility index (Phi) is 6.38. The lowest BCUT2D eigenvalue weighted by Gasteiger charge is -2.39. The van der Waals surface area contributed by atoms with Gasteiger partial charge in [-0.2, -0.15) is 0 Å². The summed E-state index contributed by atoms with van der Waals surface area (Å²) in [6.45, 7) is 4.57. The van der Waals surface area contributed by atoms with Crippen molar-refractivity contribution in [2.75, 3.05) is 0 Å². The Bertz CT molecular complexity index is 398. The number of hydrogen-bond donors (Lipinski definition) is 1. The molecule has 20 heavy (non-hydrogen) atoms. The highest BCUT2D eigenvalue weighted by atomic mass is 35.5. The van der Waals surface area contributed by atoms with Crippen LogP contribution in [0.25, 0.3) is 0 Å². The smallest absolute Gasteiger partial charge is 0.0408 e. The summed E-state index contributed by atoms with van der Waals surface area (Å²) >= 11 is 6.07. The molecular formula is C18H28ClN. The first kappa shape index (κ1) is 15.9. The molecular weight excluding hydrogens is 266 g/mol. The van der Waals surface area contributed by atoms with Crippen molar-refractivity contribution in [3.63, 3.8) is 0 Å². The maximum absolute atomic E-state index is 6.07. The third-order valence-corrected chi connectivity index (χ3v) is 4.71. The first-order valence-corrected chi connectivity index (χ1v) is 8.62. The highest BCUT2D eigenvalue weighted by Crippen LogP contribution is 2.38. The van der Waals surface area contributed by atoms with Gasteiger partial charge in [-0.3, -0.25) is 0 Å². The van der Waals surface area contributed by atoms with Crippen LogP contribution in [0.2, 0.25) is 5.02 Å². The normalized spacial score (nSPS) is 23.4. The van der Waals surface area contributed by atoms with E-state index in [1.165, 1.54) is 50.5 Å². The van der Waals surface area contributed by atoms with Crippen LogP contribution in [0.15, 0.2) is 24.3 Å². The van der Waals surface area contributed by atoms with Crippen molar-refractivity contribution in [3.05, 3.63) is 34.9 Å². The standard InChI is InChI=1S/C18H28ClN/c1-3-5-10-17(7-4-2)20-18-12-15(13-18)14-8-6-9-16(19)11-14/h6,8-9,11,15,17-18,20H,3-5,7,10,12-13H2,1-2H3. The molecule has 2 rings (SSSR count). The van der Waals surface area contributed by atoms with Gasteiger partial charge in [0, 0.05) is 17.1 Å². The fraction of sp³-hybridized carbons (Fsp3) is 0.667. The van der Waals surface area contributed by atoms with Crippen LogP contribution < -0.4 is 5.32 Å². The summed E-state index contributed by atoms with van der Waals surface area (Å²) in [5.41, 5.74) is 1.41. The Balaban J connectivity index is 1.77. The molecule has 2 heteroatoms. The largest absolute Gasteiger partial charge is 0.311 e. The molecule has 0 bridgehead atoms. The fourth-order valence-electron chi connectivity index (χ4n) is 3.23. The molecule has 0 aromatic heterocycles. The average molecular weight is 294 g/mol. The molecule has 112 valence electrons. The lowest BCUT2D eigenvalue weighted by molar-refractivity contribution is 0.251. The van der Waals surface area contributed by atoms with E-state index in [2.05, 4.69) is 37.4 Å². The Morgan fingerprint density at radius 2 is 2.00 bits per heavy atom. The summed E-state index contributed by atoms with van der Waals surface area (Å²) in [6.07, 6.45) is 9.13. The van der Waals surface area contributed by atoms with Gasteiger partial charge in [-0.15, -0.1) is 0 Å². The van der Waals surface area contributed by atoms with Gasteiger partial charge in [-0.25, -0.2) is 0 Å². The molecule has 0 heterocycles. The van der Waals surface area contributed by atoms with Crippen molar-refractivity contribution in [1.29, 1.82) is 0 Å². The zero-order valence-electron chi connectivity index (χ0n) is 12.9. The van der Waals surface area contributed by atoms with Crippen LogP contribution in [0.5, 0.6) is 0 Å². The van der Waals surface area contributed by atoms with E-state index in [0.29, 0.717) is 12.0 Å². The molecule has 1 aliphatic rings. The zero-order valence-corrected chi connectivity index (χ0v) is 13.6. The van der Waals surface area contributed by atoms with Crippen molar-refractivity contribution >= 4 is 11.6 Å². The number of unbranched alkanes of at least 4 members (excludes halogenated alkanes) is 1. The lowest BCUT2D eigenvalue weighted by atomic mass is 9.75. The Morgan fingerprint density at radius 1 is 1.20 bits per heavy atom. The maximum atomic E-state index is 6.07. The molecule has 1 aromatic rings. The summed E-state index contributed by atoms with van der Waals surface area (Å²) in [4.78, 5) is 0. The van der Waals surface area contributed by atoms with E-state index in [-0.39, 0.29) is 0 Å². The highest BCUT2D eigenvalue weighted by molar-refractivity contribution is 6.30. The molecule has 0 amide bonds. The average Bonchev–Trinajstić information content (AvgIpc) is 2.39. The second-order valence-electron chi connectivity index (χ2n) is 6.21. The van der Waals surface area contributed by atoms with E-state index in [1.807, 2.05) is 6.07 Å². The van der Waals surface area contributed by atoms with Crippen LogP contribution in [-0.4, -0.2) is 12.1 Å². The quantitative estimate of drug-likeness (QED) is 0.664. The Labute approximate surface area is 129 Å². The molecule has 1 saturated carbocycles. The molecule has 1 aromatic carbocycles. The van der Waals surface area contributed by atoms with Crippen molar-refractivity contribution in [2.45, 2.75) is 76.8 Å². The van der Waals surface area contributed by atoms with Crippen molar-refractivity contribution in [1.82, 2.24) is 5.32 Å². The molecule has 1 unspecified atom stereocenters. The van der Waals surface area contributed by atoms with Crippen LogP contribution >= 0.6 is 11.6 Å². The van der Waals surface area contributed by atoms with E-state index < -0.39 is 0 Å². The van der Waals surface area contributed by atoms with E-state index in [4.69, 9.17) is 11.6 Å². The lowest BCUT2D eigenvalue weighted by Crippen LogP contribution is -2.45. The zero-order chi connectivity index (χ0) is 14.4. The van der Waals surface area contributed by atoms with Crippen LogP contribution in [0.4, 0.5) is 0 Å². The van der Waals surface area contributed by atoms with Crippen LogP contribution in [0.3, 0.4) is 0 Å². The Morgan fingerprint density at radius 3 is 2.65 bits per heavy atom. The van der Waals surface area contributed by atoms with Gasteiger partial charge in [0.25, 0.3) is 0 Å². The number of hydrogen-bond acceptors (Lipinski definition) is 1. The van der Waals surface area contributed by atoms with Gasteiger partial charge >= 0.3 is 0 Å². The van der Waals surface area contributed by atoms with Gasteiger partial charge < -0.3 is 5.32 Å². The third kappa shape index (κ3) is 4.49. The van der Waals surface area contributed by atoms with Gasteiger partial charge in [0.1, 0.15) is 0 Å². The molecule has 1 atom stereocenters. The predicted molar refractivity (Wildman–Crippen MR) is 88.6 cm³/mol. The third-order valence-electron chi connectivity index (χ3n) is 4.47. The van der Waals surface area contributed by atoms with Gasteiger partial charge in [-0.1, -0.05) is 56.8 Å². The molecule has 0 aliphatic heterocycles. The second-order valence-corrected chi connectivity index (χ2v) is 6.65. The van der Waals surface area contributed by atoms with E-state index >= 15 is 0 Å². The minimum atomic E-state index is 0.708. The molecule has 1 nitrogen and oxygen atoms in total. The molecule has 0 radical (unpaired) electrons. The second kappa shape index (κ2) is 8.05. The summed E-state index contributed by atoms with van der Waals surface area (Å²) < 4.78 is 0. The number of benzene rings is 1. The monoisotopic (exact) mass is 293 g/mol. The minimum Gasteiger partial charge on any atom is -0.311 e. The van der Waals surface area contributed by atoms with Gasteiger partial charge in [-0.05, 0) is 49.3 Å². The van der Waals surface area contributed by atoms with E-state index in [9.17, 15) is 0 Å². The van der Waals surface area contributed by atoms with Crippen LogP contribution in [0, 0.1) is 0 Å². The topological polar surface area (TPSA) is 12.0 Å². The minimum absolute atomic E-state index is 0.708. The molecule has 1 aliphatic carbocycles. The maximum Gasteiger partial charge on any atom is 0.0408 e. The summed E-state index contributed by atoms with van der Waals surface area (Å²) in [7, 11) is 0. The number of nitrogens with one attached hydrogen (secondary N) is 1. The van der Waals surface area contributed by atoms with Crippen LogP contribution in [0.1, 0.15) is 70.3 Å². The summed E-state index contributed by atoms with van der Waals surface area (Å²) in [5, 5.41) is 4.74. The first-order valence-electron chi connectivity index (χ1n) is 8.24. The van der Waals surface area contributed by atoms with Crippen molar-refractivity contribution in [3.8, 4) is 0 Å². The Hall–Kier alpha value is -0.530. The van der Waals surface area contributed by atoms with Crippen molar-refractivity contribution < 1.29 is 0 Å². The first-order chi connectivity index (χ1) is 9.72. The number of rotatable bonds is 8.